The predicted octanol–water partition coefficient (Wildman–Crippen LogP) is 3.84. The second-order valence-electron chi connectivity index (χ2n) is 5.09. The molecule has 104 valence electrons. The van der Waals surface area contributed by atoms with Crippen molar-refractivity contribution in [3.8, 4) is 0 Å². The number of hydrogen-bond donors (Lipinski definition) is 0. The Morgan fingerprint density at radius 3 is 2.68 bits per heavy atom. The summed E-state index contributed by atoms with van der Waals surface area (Å²) in [6.45, 7) is 7.12. The molecular weight excluding hydrogens is 238 g/mol. The summed E-state index contributed by atoms with van der Waals surface area (Å²) >= 11 is 0. The van der Waals surface area contributed by atoms with Crippen LogP contribution in [0.4, 0.5) is 0 Å². The van der Waals surface area contributed by atoms with Crippen LogP contribution in [0.25, 0.3) is 0 Å². The molecule has 0 saturated carbocycles. The summed E-state index contributed by atoms with van der Waals surface area (Å²) in [6.07, 6.45) is 1.84. The van der Waals surface area contributed by atoms with E-state index in [0.29, 0.717) is 18.4 Å². The summed E-state index contributed by atoms with van der Waals surface area (Å²) in [7, 11) is 0. The van der Waals surface area contributed by atoms with Gasteiger partial charge in [-0.3, -0.25) is 0 Å². The molecule has 0 radical (unpaired) electrons. The maximum absolute atomic E-state index is 5.67. The third-order valence-electron chi connectivity index (χ3n) is 3.86. The Morgan fingerprint density at radius 2 is 2.05 bits per heavy atom. The number of oxime groups is 1. The lowest BCUT2D eigenvalue weighted by Crippen LogP contribution is -2.36. The van der Waals surface area contributed by atoms with Crippen LogP contribution in [0.1, 0.15) is 39.2 Å². The van der Waals surface area contributed by atoms with Crippen molar-refractivity contribution in [2.45, 2.75) is 39.9 Å². The average Bonchev–Trinajstić information content (AvgIpc) is 2.48. The van der Waals surface area contributed by atoms with E-state index in [1.807, 2.05) is 25.1 Å². The maximum atomic E-state index is 5.67. The number of rotatable bonds is 5. The Labute approximate surface area is 115 Å². The highest BCUT2D eigenvalue weighted by Gasteiger charge is 2.33. The third kappa shape index (κ3) is 3.35. The topological polar surface area (TPSA) is 30.8 Å². The standard InChI is InChI=1S/C16H23NO2/c1-4-12(3)14-11-15(13-9-7-6-8-10-13)17-19-16(14)18-5-2/h6-10,12,14,16H,4-5,11H2,1-3H3/t12?,14-,16+/m0/s1. The minimum Gasteiger partial charge on any atom is -0.363 e. The van der Waals surface area contributed by atoms with E-state index < -0.39 is 0 Å². The van der Waals surface area contributed by atoms with Crippen LogP contribution in [0.3, 0.4) is 0 Å². The lowest BCUT2D eigenvalue weighted by atomic mass is 9.84. The molecule has 1 aromatic rings. The summed E-state index contributed by atoms with van der Waals surface area (Å²) in [6, 6.07) is 10.2. The molecule has 19 heavy (non-hydrogen) atoms. The van der Waals surface area contributed by atoms with Crippen LogP contribution in [0.15, 0.2) is 35.5 Å². The van der Waals surface area contributed by atoms with E-state index in [1.54, 1.807) is 0 Å². The van der Waals surface area contributed by atoms with Gasteiger partial charge in [-0.15, -0.1) is 0 Å². The van der Waals surface area contributed by atoms with Crippen LogP contribution in [0.2, 0.25) is 0 Å². The fourth-order valence-electron chi connectivity index (χ4n) is 2.44. The average molecular weight is 261 g/mol. The van der Waals surface area contributed by atoms with Gasteiger partial charge in [0.05, 0.1) is 5.71 Å². The molecule has 0 fully saturated rings. The summed E-state index contributed by atoms with van der Waals surface area (Å²) in [5.74, 6) is 0.934. The highest BCUT2D eigenvalue weighted by Crippen LogP contribution is 2.31. The first-order valence-electron chi connectivity index (χ1n) is 7.16. The van der Waals surface area contributed by atoms with E-state index in [1.165, 1.54) is 0 Å². The molecule has 3 atom stereocenters. The van der Waals surface area contributed by atoms with Crippen molar-refractivity contribution in [3.63, 3.8) is 0 Å². The Balaban J connectivity index is 2.17. The lowest BCUT2D eigenvalue weighted by molar-refractivity contribution is -0.185. The van der Waals surface area contributed by atoms with Crippen molar-refractivity contribution in [1.29, 1.82) is 0 Å². The van der Waals surface area contributed by atoms with Crippen LogP contribution in [0.5, 0.6) is 0 Å². The highest BCUT2D eigenvalue weighted by molar-refractivity contribution is 6.00. The molecule has 3 heteroatoms. The number of hydrogen-bond acceptors (Lipinski definition) is 3. The first kappa shape index (κ1) is 14.1. The van der Waals surface area contributed by atoms with E-state index in [-0.39, 0.29) is 6.29 Å². The van der Waals surface area contributed by atoms with Crippen molar-refractivity contribution >= 4 is 5.71 Å². The Bertz CT molecular complexity index is 416. The highest BCUT2D eigenvalue weighted by atomic mass is 16.8. The van der Waals surface area contributed by atoms with Crippen molar-refractivity contribution in [2.24, 2.45) is 17.0 Å². The number of nitrogens with zero attached hydrogens (tertiary/aromatic N) is 1. The second kappa shape index (κ2) is 6.71. The molecule has 1 aromatic carbocycles. The maximum Gasteiger partial charge on any atom is 0.230 e. The molecule has 0 aromatic heterocycles. The number of ether oxygens (including phenoxy) is 1. The van der Waals surface area contributed by atoms with Crippen molar-refractivity contribution in [2.75, 3.05) is 6.61 Å². The minimum atomic E-state index is -0.201. The van der Waals surface area contributed by atoms with Gasteiger partial charge in [0.1, 0.15) is 0 Å². The number of benzene rings is 1. The molecule has 3 nitrogen and oxygen atoms in total. The van der Waals surface area contributed by atoms with Crippen molar-refractivity contribution < 1.29 is 9.57 Å². The molecule has 1 unspecified atom stereocenters. The van der Waals surface area contributed by atoms with Crippen molar-refractivity contribution in [3.05, 3.63) is 35.9 Å². The first-order chi connectivity index (χ1) is 9.26. The molecule has 2 rings (SSSR count). The van der Waals surface area contributed by atoms with E-state index in [9.17, 15) is 0 Å². The largest absolute Gasteiger partial charge is 0.363 e. The summed E-state index contributed by atoms with van der Waals surface area (Å²) < 4.78 is 5.67. The zero-order valence-electron chi connectivity index (χ0n) is 12.0. The summed E-state index contributed by atoms with van der Waals surface area (Å²) in [5, 5.41) is 4.26. The first-order valence-corrected chi connectivity index (χ1v) is 7.16. The van der Waals surface area contributed by atoms with Crippen LogP contribution in [-0.4, -0.2) is 18.6 Å². The van der Waals surface area contributed by atoms with Gasteiger partial charge in [-0.25, -0.2) is 0 Å². The SMILES string of the molecule is CCO[C@@H]1ON=C(c2ccccc2)C[C@H]1C(C)CC. The molecular formula is C16H23NO2. The molecule has 1 aliphatic rings. The van der Waals surface area contributed by atoms with Crippen LogP contribution in [-0.2, 0) is 9.57 Å². The summed E-state index contributed by atoms with van der Waals surface area (Å²) in [5.41, 5.74) is 2.17. The van der Waals surface area contributed by atoms with Gasteiger partial charge >= 0.3 is 0 Å². The Kier molecular flexibility index (Phi) is 4.97. The monoisotopic (exact) mass is 261 g/mol. The quantitative estimate of drug-likeness (QED) is 0.806. The molecule has 0 bridgehead atoms. The van der Waals surface area contributed by atoms with Gasteiger partial charge in [0.25, 0.3) is 0 Å². The van der Waals surface area contributed by atoms with Gasteiger partial charge in [0.2, 0.25) is 6.29 Å². The predicted molar refractivity (Wildman–Crippen MR) is 77.0 cm³/mol. The van der Waals surface area contributed by atoms with Crippen molar-refractivity contribution in [1.82, 2.24) is 0 Å². The van der Waals surface area contributed by atoms with Gasteiger partial charge < -0.3 is 9.57 Å². The minimum absolute atomic E-state index is 0.201. The van der Waals surface area contributed by atoms with Gasteiger partial charge in [-0.1, -0.05) is 55.8 Å². The van der Waals surface area contributed by atoms with Gasteiger partial charge in [0.15, 0.2) is 0 Å². The van der Waals surface area contributed by atoms with E-state index in [0.717, 1.165) is 24.1 Å². The third-order valence-corrected chi connectivity index (χ3v) is 3.86. The van der Waals surface area contributed by atoms with Crippen LogP contribution < -0.4 is 0 Å². The molecule has 1 heterocycles. The van der Waals surface area contributed by atoms with Gasteiger partial charge in [-0.2, -0.15) is 0 Å². The Morgan fingerprint density at radius 1 is 1.32 bits per heavy atom. The zero-order chi connectivity index (χ0) is 13.7. The molecule has 1 aliphatic heterocycles. The lowest BCUT2D eigenvalue weighted by Gasteiger charge is -2.33. The summed E-state index contributed by atoms with van der Waals surface area (Å²) in [4.78, 5) is 5.59. The van der Waals surface area contributed by atoms with E-state index in [4.69, 9.17) is 9.57 Å². The van der Waals surface area contributed by atoms with E-state index in [2.05, 4.69) is 31.1 Å². The fraction of sp³-hybridized carbons (Fsp3) is 0.562. The molecule has 0 amide bonds. The normalized spacial score (nSPS) is 24.5. The molecule has 0 aliphatic carbocycles. The smallest absolute Gasteiger partial charge is 0.230 e. The molecule has 0 N–H and O–H groups in total. The van der Waals surface area contributed by atoms with Gasteiger partial charge in [0, 0.05) is 18.9 Å². The Hall–Kier alpha value is -1.35. The fourth-order valence-corrected chi connectivity index (χ4v) is 2.44. The van der Waals surface area contributed by atoms with Crippen LogP contribution in [0, 0.1) is 11.8 Å². The van der Waals surface area contributed by atoms with Crippen LogP contribution >= 0.6 is 0 Å². The zero-order valence-corrected chi connectivity index (χ0v) is 12.0. The molecule has 0 saturated heterocycles. The molecule has 0 spiro atoms. The second-order valence-corrected chi connectivity index (χ2v) is 5.09. The van der Waals surface area contributed by atoms with E-state index >= 15 is 0 Å². The van der Waals surface area contributed by atoms with Gasteiger partial charge in [-0.05, 0) is 18.4 Å².